The summed E-state index contributed by atoms with van der Waals surface area (Å²) in [5, 5.41) is 6.82. The number of benzene rings is 1. The molecule has 0 saturated carbocycles. The molecule has 2 rings (SSSR count). The summed E-state index contributed by atoms with van der Waals surface area (Å²) in [4.78, 5) is 0.319. The van der Waals surface area contributed by atoms with Crippen LogP contribution in [0.15, 0.2) is 35.4 Å². The lowest BCUT2D eigenvalue weighted by atomic mass is 10.1. The summed E-state index contributed by atoms with van der Waals surface area (Å²) in [6.45, 7) is 4.42. The summed E-state index contributed by atoms with van der Waals surface area (Å²) < 4.78 is 26.9. The minimum atomic E-state index is -3.41. The monoisotopic (exact) mass is 307 g/mol. The second kappa shape index (κ2) is 6.87. The van der Waals surface area contributed by atoms with Gasteiger partial charge in [0.2, 0.25) is 10.0 Å². The average Bonchev–Trinajstić information content (AvgIpc) is 2.89. The highest BCUT2D eigenvalue weighted by Crippen LogP contribution is 2.11. The van der Waals surface area contributed by atoms with Crippen molar-refractivity contribution in [2.75, 3.05) is 6.54 Å². The molecule has 6 heteroatoms. The van der Waals surface area contributed by atoms with Crippen LogP contribution in [0.4, 0.5) is 0 Å². The van der Waals surface area contributed by atoms with Crippen LogP contribution in [0, 0.1) is 6.92 Å². The fourth-order valence-corrected chi connectivity index (χ4v) is 3.17. The van der Waals surface area contributed by atoms with Crippen LogP contribution < -0.4 is 4.72 Å². The van der Waals surface area contributed by atoms with Gasteiger partial charge < -0.3 is 0 Å². The Kier molecular flexibility index (Phi) is 5.14. The van der Waals surface area contributed by atoms with E-state index in [0.717, 1.165) is 36.1 Å². The molecule has 0 aliphatic carbocycles. The van der Waals surface area contributed by atoms with E-state index in [4.69, 9.17) is 0 Å². The van der Waals surface area contributed by atoms with Crippen molar-refractivity contribution in [3.8, 4) is 0 Å². The van der Waals surface area contributed by atoms with Crippen LogP contribution in [0.2, 0.25) is 0 Å². The lowest BCUT2D eigenvalue weighted by Crippen LogP contribution is -2.25. The Balaban J connectivity index is 1.87. The Morgan fingerprint density at radius 3 is 2.52 bits per heavy atom. The second-order valence-electron chi connectivity index (χ2n) is 5.02. The van der Waals surface area contributed by atoms with E-state index in [1.54, 1.807) is 18.3 Å². The molecule has 0 aliphatic rings. The van der Waals surface area contributed by atoms with Gasteiger partial charge in [-0.2, -0.15) is 5.10 Å². The zero-order valence-corrected chi connectivity index (χ0v) is 13.2. The molecule has 0 saturated heterocycles. The smallest absolute Gasteiger partial charge is 0.240 e. The van der Waals surface area contributed by atoms with Crippen LogP contribution in [-0.4, -0.2) is 25.2 Å². The van der Waals surface area contributed by atoms with Gasteiger partial charge in [-0.1, -0.05) is 19.1 Å². The highest BCUT2D eigenvalue weighted by molar-refractivity contribution is 7.89. The van der Waals surface area contributed by atoms with Gasteiger partial charge in [0, 0.05) is 12.2 Å². The van der Waals surface area contributed by atoms with Gasteiger partial charge in [-0.25, -0.2) is 13.1 Å². The largest absolute Gasteiger partial charge is 0.283 e. The van der Waals surface area contributed by atoms with Crippen molar-refractivity contribution in [1.29, 1.82) is 0 Å². The van der Waals surface area contributed by atoms with Crippen LogP contribution in [0.3, 0.4) is 0 Å². The quantitative estimate of drug-likeness (QED) is 0.770. The third-order valence-electron chi connectivity index (χ3n) is 3.49. The van der Waals surface area contributed by atoms with E-state index in [-0.39, 0.29) is 0 Å². The molecular formula is C15H21N3O2S. The molecule has 2 aromatic rings. The number of H-pyrrole nitrogens is 1. The highest BCUT2D eigenvalue weighted by Gasteiger charge is 2.12. The molecule has 5 nitrogen and oxygen atoms in total. The van der Waals surface area contributed by atoms with E-state index in [0.29, 0.717) is 11.4 Å². The molecule has 0 aliphatic heterocycles. The Bertz CT molecular complexity index is 675. The molecule has 1 heterocycles. The molecular weight excluding hydrogens is 286 g/mol. The van der Waals surface area contributed by atoms with Crippen molar-refractivity contribution in [2.45, 2.75) is 38.0 Å². The number of nitrogens with one attached hydrogen (secondary N) is 2. The fourth-order valence-electron chi connectivity index (χ4n) is 2.10. The molecule has 0 bridgehead atoms. The first kappa shape index (κ1) is 15.7. The van der Waals surface area contributed by atoms with Crippen molar-refractivity contribution in [3.63, 3.8) is 0 Å². The van der Waals surface area contributed by atoms with Gasteiger partial charge in [0.25, 0.3) is 0 Å². The van der Waals surface area contributed by atoms with E-state index in [1.165, 1.54) is 0 Å². The Labute approximate surface area is 125 Å². The minimum Gasteiger partial charge on any atom is -0.283 e. The van der Waals surface area contributed by atoms with Crippen LogP contribution in [0.1, 0.15) is 30.2 Å². The summed E-state index contributed by atoms with van der Waals surface area (Å²) in [5.74, 6) is 0. The molecule has 114 valence electrons. The van der Waals surface area contributed by atoms with Gasteiger partial charge in [-0.15, -0.1) is 0 Å². The molecule has 1 aromatic carbocycles. The number of hydrogen-bond acceptors (Lipinski definition) is 3. The molecule has 0 fully saturated rings. The normalized spacial score (nSPS) is 11.7. The van der Waals surface area contributed by atoms with Crippen molar-refractivity contribution in [2.24, 2.45) is 0 Å². The number of hydrogen-bond donors (Lipinski definition) is 2. The van der Waals surface area contributed by atoms with E-state index in [2.05, 4.69) is 14.9 Å². The zero-order valence-electron chi connectivity index (χ0n) is 12.4. The Morgan fingerprint density at radius 1 is 1.24 bits per heavy atom. The number of aromatic nitrogens is 2. The van der Waals surface area contributed by atoms with E-state index < -0.39 is 10.0 Å². The van der Waals surface area contributed by atoms with E-state index >= 15 is 0 Å². The first-order chi connectivity index (χ1) is 10.0. The van der Waals surface area contributed by atoms with Gasteiger partial charge in [-0.3, -0.25) is 5.10 Å². The predicted octanol–water partition coefficient (Wildman–Crippen LogP) is 2.19. The predicted molar refractivity (Wildman–Crippen MR) is 82.7 cm³/mol. The van der Waals surface area contributed by atoms with Crippen molar-refractivity contribution < 1.29 is 8.42 Å². The molecule has 1 aromatic heterocycles. The van der Waals surface area contributed by atoms with Crippen molar-refractivity contribution in [3.05, 3.63) is 47.3 Å². The highest BCUT2D eigenvalue weighted by atomic mass is 32.2. The van der Waals surface area contributed by atoms with Gasteiger partial charge in [0.15, 0.2) is 0 Å². The lowest BCUT2D eigenvalue weighted by molar-refractivity contribution is 0.579. The van der Waals surface area contributed by atoms with Gasteiger partial charge >= 0.3 is 0 Å². The first-order valence-corrected chi connectivity index (χ1v) is 8.58. The van der Waals surface area contributed by atoms with E-state index in [9.17, 15) is 8.42 Å². The lowest BCUT2D eigenvalue weighted by Gasteiger charge is -2.07. The number of sulfonamides is 1. The maximum Gasteiger partial charge on any atom is 0.240 e. The average molecular weight is 307 g/mol. The number of aromatic amines is 1. The molecule has 2 N–H and O–H groups in total. The SMILES string of the molecule is CCc1ccc(S(=O)(=O)NCCCc2cn[nH]c2C)cc1. The van der Waals surface area contributed by atoms with Crippen LogP contribution in [0.25, 0.3) is 0 Å². The summed E-state index contributed by atoms with van der Waals surface area (Å²) >= 11 is 0. The number of rotatable bonds is 7. The van der Waals surface area contributed by atoms with Crippen LogP contribution in [-0.2, 0) is 22.9 Å². The molecule has 0 spiro atoms. The van der Waals surface area contributed by atoms with Crippen LogP contribution in [0.5, 0.6) is 0 Å². The number of aryl methyl sites for hydroxylation is 3. The Morgan fingerprint density at radius 2 is 1.95 bits per heavy atom. The van der Waals surface area contributed by atoms with Gasteiger partial charge in [0.1, 0.15) is 0 Å². The number of nitrogens with zero attached hydrogens (tertiary/aromatic N) is 1. The summed E-state index contributed by atoms with van der Waals surface area (Å²) in [6, 6.07) is 7.01. The molecule has 0 radical (unpaired) electrons. The summed E-state index contributed by atoms with van der Waals surface area (Å²) in [7, 11) is -3.41. The topological polar surface area (TPSA) is 74.8 Å². The maximum absolute atomic E-state index is 12.1. The third-order valence-corrected chi connectivity index (χ3v) is 4.97. The van der Waals surface area contributed by atoms with E-state index in [1.807, 2.05) is 26.0 Å². The molecule has 21 heavy (non-hydrogen) atoms. The Hall–Kier alpha value is -1.66. The zero-order chi connectivity index (χ0) is 15.3. The second-order valence-corrected chi connectivity index (χ2v) is 6.79. The third kappa shape index (κ3) is 4.15. The van der Waals surface area contributed by atoms with Gasteiger partial charge in [0.05, 0.1) is 11.1 Å². The molecule has 0 amide bonds. The summed E-state index contributed by atoms with van der Waals surface area (Å²) in [5.41, 5.74) is 3.29. The van der Waals surface area contributed by atoms with Crippen molar-refractivity contribution >= 4 is 10.0 Å². The fraction of sp³-hybridized carbons (Fsp3) is 0.400. The maximum atomic E-state index is 12.1. The van der Waals surface area contributed by atoms with Crippen molar-refractivity contribution in [1.82, 2.24) is 14.9 Å². The molecule has 0 atom stereocenters. The summed E-state index contributed by atoms with van der Waals surface area (Å²) in [6.07, 6.45) is 4.23. The first-order valence-electron chi connectivity index (χ1n) is 7.10. The van der Waals surface area contributed by atoms with Gasteiger partial charge in [-0.05, 0) is 49.4 Å². The molecule has 0 unspecified atom stereocenters. The standard InChI is InChI=1S/C15H21N3O2S/c1-3-13-6-8-15(9-7-13)21(19,20)17-10-4-5-14-11-16-18-12(14)2/h6-9,11,17H,3-5,10H2,1-2H3,(H,16,18). The van der Waals surface area contributed by atoms with Crippen LogP contribution >= 0.6 is 0 Å². The minimum absolute atomic E-state index is 0.319.